The van der Waals surface area contributed by atoms with Gasteiger partial charge in [-0.25, -0.2) is 0 Å². The summed E-state index contributed by atoms with van der Waals surface area (Å²) in [7, 11) is 0. The summed E-state index contributed by atoms with van der Waals surface area (Å²) in [5.74, 6) is 1.20. The molecule has 1 aromatic carbocycles. The van der Waals surface area contributed by atoms with Crippen LogP contribution in [0.15, 0.2) is 22.7 Å². The lowest BCUT2D eigenvalue weighted by Crippen LogP contribution is -2.40. The lowest BCUT2D eigenvalue weighted by Gasteiger charge is -2.28. The Labute approximate surface area is 129 Å². The van der Waals surface area contributed by atoms with E-state index in [1.807, 2.05) is 6.07 Å². The van der Waals surface area contributed by atoms with Crippen LogP contribution in [0, 0.1) is 5.92 Å². The van der Waals surface area contributed by atoms with Gasteiger partial charge in [0.15, 0.2) is 0 Å². The highest BCUT2D eigenvalue weighted by Gasteiger charge is 2.37. The average Bonchev–Trinajstić information content (AvgIpc) is 2.87. The lowest BCUT2D eigenvalue weighted by molar-refractivity contribution is 0.224. The summed E-state index contributed by atoms with van der Waals surface area (Å²) in [6.07, 6.45) is 3.67. The van der Waals surface area contributed by atoms with E-state index in [-0.39, 0.29) is 0 Å². The highest BCUT2D eigenvalue weighted by molar-refractivity contribution is 9.10. The molecular formula is C16H23BrN2O. The van der Waals surface area contributed by atoms with Crippen molar-refractivity contribution < 1.29 is 5.11 Å². The minimum absolute atomic E-state index is 0.319. The van der Waals surface area contributed by atoms with E-state index >= 15 is 0 Å². The van der Waals surface area contributed by atoms with Crippen molar-refractivity contribution in [2.24, 2.45) is 5.92 Å². The first-order valence-electron chi connectivity index (χ1n) is 7.65. The van der Waals surface area contributed by atoms with Crippen LogP contribution in [0.1, 0.15) is 37.8 Å². The Hall–Kier alpha value is -0.580. The molecule has 0 bridgehead atoms. The number of aromatic hydroxyl groups is 1. The largest absolute Gasteiger partial charge is 0.508 e. The number of phenolic OH excluding ortho intramolecular Hbond substituents is 1. The zero-order valence-electron chi connectivity index (χ0n) is 12.0. The third kappa shape index (κ3) is 2.74. The molecule has 2 saturated heterocycles. The fourth-order valence-electron chi connectivity index (χ4n) is 3.80. The molecule has 2 fully saturated rings. The smallest absolute Gasteiger partial charge is 0.120 e. The topological polar surface area (TPSA) is 35.5 Å². The van der Waals surface area contributed by atoms with Crippen LogP contribution >= 0.6 is 15.9 Å². The molecule has 0 spiro atoms. The summed E-state index contributed by atoms with van der Waals surface area (Å²) >= 11 is 3.52. The monoisotopic (exact) mass is 338 g/mol. The van der Waals surface area contributed by atoms with E-state index in [1.54, 1.807) is 6.07 Å². The van der Waals surface area contributed by atoms with E-state index in [0.29, 0.717) is 17.8 Å². The van der Waals surface area contributed by atoms with Crippen LogP contribution in [-0.2, 0) is 0 Å². The van der Waals surface area contributed by atoms with Crippen LogP contribution in [0.5, 0.6) is 5.75 Å². The maximum atomic E-state index is 10.2. The van der Waals surface area contributed by atoms with Crippen LogP contribution in [0.25, 0.3) is 0 Å². The molecule has 0 aliphatic carbocycles. The van der Waals surface area contributed by atoms with E-state index < -0.39 is 0 Å². The maximum absolute atomic E-state index is 10.2. The van der Waals surface area contributed by atoms with Crippen LogP contribution in [0.2, 0.25) is 0 Å². The molecule has 0 saturated carbocycles. The quantitative estimate of drug-likeness (QED) is 0.887. The SMILES string of the molecule is CCC(c1cc(Br)ccc1O)N1CC2CCCNC2C1. The Bertz CT molecular complexity index is 466. The maximum Gasteiger partial charge on any atom is 0.120 e. The van der Waals surface area contributed by atoms with E-state index in [1.165, 1.54) is 12.8 Å². The van der Waals surface area contributed by atoms with Gasteiger partial charge in [-0.15, -0.1) is 0 Å². The highest BCUT2D eigenvalue weighted by Crippen LogP contribution is 2.37. The Morgan fingerprint density at radius 2 is 2.30 bits per heavy atom. The molecule has 4 heteroatoms. The fourth-order valence-corrected chi connectivity index (χ4v) is 4.18. The number of hydrogen-bond acceptors (Lipinski definition) is 3. The lowest BCUT2D eigenvalue weighted by atomic mass is 9.94. The molecule has 3 nitrogen and oxygen atoms in total. The minimum Gasteiger partial charge on any atom is -0.508 e. The summed E-state index contributed by atoms with van der Waals surface area (Å²) in [4.78, 5) is 2.55. The average molecular weight is 339 g/mol. The van der Waals surface area contributed by atoms with Crippen LogP contribution < -0.4 is 5.32 Å². The van der Waals surface area contributed by atoms with Crippen molar-refractivity contribution in [3.05, 3.63) is 28.2 Å². The van der Waals surface area contributed by atoms with Gasteiger partial charge in [-0.2, -0.15) is 0 Å². The van der Waals surface area contributed by atoms with Gasteiger partial charge < -0.3 is 10.4 Å². The van der Waals surface area contributed by atoms with Crippen molar-refractivity contribution in [3.63, 3.8) is 0 Å². The first kappa shape index (κ1) is 14.4. The molecule has 3 atom stereocenters. The molecule has 20 heavy (non-hydrogen) atoms. The number of rotatable bonds is 3. The Morgan fingerprint density at radius 3 is 3.05 bits per heavy atom. The Balaban J connectivity index is 1.81. The fraction of sp³-hybridized carbons (Fsp3) is 0.625. The summed E-state index contributed by atoms with van der Waals surface area (Å²) in [5.41, 5.74) is 1.06. The number of nitrogens with one attached hydrogen (secondary N) is 1. The van der Waals surface area contributed by atoms with Crippen molar-refractivity contribution in [2.75, 3.05) is 19.6 Å². The summed E-state index contributed by atoms with van der Waals surface area (Å²) < 4.78 is 1.04. The molecule has 0 amide bonds. The normalized spacial score (nSPS) is 28.3. The Kier molecular flexibility index (Phi) is 4.34. The number of halogens is 1. The molecule has 2 aliphatic heterocycles. The highest BCUT2D eigenvalue weighted by atomic mass is 79.9. The number of nitrogens with zero attached hydrogens (tertiary/aromatic N) is 1. The zero-order valence-corrected chi connectivity index (χ0v) is 13.6. The van der Waals surface area contributed by atoms with Gasteiger partial charge in [-0.3, -0.25) is 4.90 Å². The minimum atomic E-state index is 0.319. The summed E-state index contributed by atoms with van der Waals surface area (Å²) in [6, 6.07) is 6.73. The van der Waals surface area contributed by atoms with Crippen molar-refractivity contribution in [1.29, 1.82) is 0 Å². The van der Waals surface area contributed by atoms with Gasteiger partial charge >= 0.3 is 0 Å². The molecule has 2 heterocycles. The molecule has 2 N–H and O–H groups in total. The molecule has 110 valence electrons. The summed E-state index contributed by atoms with van der Waals surface area (Å²) in [6.45, 7) is 5.63. The van der Waals surface area contributed by atoms with E-state index in [2.05, 4.69) is 39.1 Å². The molecule has 0 aromatic heterocycles. The van der Waals surface area contributed by atoms with Crippen LogP contribution in [0.4, 0.5) is 0 Å². The third-order valence-corrected chi connectivity index (χ3v) is 5.30. The number of hydrogen-bond donors (Lipinski definition) is 2. The molecular weight excluding hydrogens is 316 g/mol. The van der Waals surface area contributed by atoms with Gasteiger partial charge in [-0.1, -0.05) is 22.9 Å². The first-order valence-corrected chi connectivity index (χ1v) is 8.44. The first-order chi connectivity index (χ1) is 9.69. The predicted octanol–water partition coefficient (Wildman–Crippen LogP) is 3.29. The van der Waals surface area contributed by atoms with Gasteiger partial charge in [-0.05, 0) is 49.9 Å². The van der Waals surface area contributed by atoms with Gasteiger partial charge in [0.05, 0.1) is 0 Å². The second-order valence-electron chi connectivity index (χ2n) is 6.04. The molecule has 3 unspecified atom stereocenters. The van der Waals surface area contributed by atoms with Crippen molar-refractivity contribution >= 4 is 15.9 Å². The van der Waals surface area contributed by atoms with E-state index in [0.717, 1.165) is 42.0 Å². The third-order valence-electron chi connectivity index (χ3n) is 4.80. The molecule has 3 rings (SSSR count). The van der Waals surface area contributed by atoms with Gasteiger partial charge in [0.2, 0.25) is 0 Å². The van der Waals surface area contributed by atoms with Gasteiger partial charge in [0.1, 0.15) is 5.75 Å². The van der Waals surface area contributed by atoms with Gasteiger partial charge in [0.25, 0.3) is 0 Å². The van der Waals surface area contributed by atoms with Crippen LogP contribution in [0.3, 0.4) is 0 Å². The number of benzene rings is 1. The second-order valence-corrected chi connectivity index (χ2v) is 6.96. The van der Waals surface area contributed by atoms with Crippen molar-refractivity contribution in [2.45, 2.75) is 38.3 Å². The second kappa shape index (κ2) is 6.04. The van der Waals surface area contributed by atoms with Crippen molar-refractivity contribution in [3.8, 4) is 5.75 Å². The number of piperidine rings is 1. The van der Waals surface area contributed by atoms with Crippen molar-refractivity contribution in [1.82, 2.24) is 10.2 Å². The standard InChI is InChI=1S/C16H23BrN2O/c1-2-15(13-8-12(17)5-6-16(13)20)19-9-11-4-3-7-18-14(11)10-19/h5-6,8,11,14-15,18,20H,2-4,7,9-10H2,1H3. The van der Waals surface area contributed by atoms with E-state index in [9.17, 15) is 5.11 Å². The predicted molar refractivity (Wildman–Crippen MR) is 84.9 cm³/mol. The van der Waals surface area contributed by atoms with E-state index in [4.69, 9.17) is 0 Å². The molecule has 2 aliphatic rings. The Morgan fingerprint density at radius 1 is 1.45 bits per heavy atom. The number of fused-ring (bicyclic) bond motifs is 1. The number of phenols is 1. The number of likely N-dealkylation sites (tertiary alicyclic amines) is 1. The van der Waals surface area contributed by atoms with Crippen LogP contribution in [-0.4, -0.2) is 35.7 Å². The zero-order chi connectivity index (χ0) is 14.1. The molecule has 0 radical (unpaired) electrons. The molecule has 1 aromatic rings. The van der Waals surface area contributed by atoms with Gasteiger partial charge in [0, 0.05) is 35.2 Å². The summed E-state index contributed by atoms with van der Waals surface area (Å²) in [5, 5.41) is 13.8.